The second-order valence-electron chi connectivity index (χ2n) is 6.51. The number of carbonyl (C=O) groups excluding carboxylic acids is 2. The van der Waals surface area contributed by atoms with E-state index in [1.807, 2.05) is 39.8 Å². The van der Waals surface area contributed by atoms with Crippen LogP contribution < -0.4 is 10.6 Å². The van der Waals surface area contributed by atoms with E-state index in [-0.39, 0.29) is 17.7 Å². The van der Waals surface area contributed by atoms with E-state index in [0.717, 1.165) is 11.1 Å². The Morgan fingerprint density at radius 1 is 1.04 bits per heavy atom. The highest BCUT2D eigenvalue weighted by Gasteiger charge is 2.25. The van der Waals surface area contributed by atoms with Crippen LogP contribution in [0.1, 0.15) is 35.3 Å². The lowest BCUT2D eigenvalue weighted by molar-refractivity contribution is -0.118. The number of nitrogens with one attached hydrogen (secondary N) is 2. The molecule has 132 valence electrons. The zero-order valence-corrected chi connectivity index (χ0v) is 15.6. The fourth-order valence-electron chi connectivity index (χ4n) is 2.52. The molecule has 2 aromatic carbocycles. The molecule has 0 fully saturated rings. The molecule has 0 spiro atoms. The molecule has 0 radical (unpaired) electrons. The van der Waals surface area contributed by atoms with Crippen molar-refractivity contribution >= 4 is 29.1 Å². The molecule has 2 N–H and O–H groups in total. The van der Waals surface area contributed by atoms with Gasteiger partial charge in [-0.15, -0.1) is 0 Å². The Kier molecular flexibility index (Phi) is 6.21. The average molecular weight is 359 g/mol. The molecule has 1 atom stereocenters. The Morgan fingerprint density at radius 3 is 2.36 bits per heavy atom. The quantitative estimate of drug-likeness (QED) is 0.834. The second kappa shape index (κ2) is 8.17. The number of aryl methyl sites for hydroxylation is 2. The van der Waals surface area contributed by atoms with Crippen molar-refractivity contribution in [3.05, 3.63) is 64.2 Å². The summed E-state index contributed by atoms with van der Waals surface area (Å²) in [5.74, 6) is -0.562. The van der Waals surface area contributed by atoms with Crippen LogP contribution in [-0.2, 0) is 4.79 Å². The van der Waals surface area contributed by atoms with E-state index in [9.17, 15) is 9.59 Å². The Morgan fingerprint density at radius 2 is 1.76 bits per heavy atom. The number of hydrogen-bond donors (Lipinski definition) is 2. The van der Waals surface area contributed by atoms with E-state index in [1.54, 1.807) is 30.3 Å². The van der Waals surface area contributed by atoms with Gasteiger partial charge in [-0.25, -0.2) is 0 Å². The molecule has 5 heteroatoms. The lowest BCUT2D eigenvalue weighted by atomic mass is 10.0. The first-order valence-corrected chi connectivity index (χ1v) is 8.60. The van der Waals surface area contributed by atoms with E-state index in [2.05, 4.69) is 10.6 Å². The molecule has 0 aliphatic carbocycles. The Labute approximate surface area is 153 Å². The van der Waals surface area contributed by atoms with Gasteiger partial charge in [-0.2, -0.15) is 0 Å². The van der Waals surface area contributed by atoms with Crippen LogP contribution in [0, 0.1) is 19.8 Å². The molecule has 0 bridgehead atoms. The van der Waals surface area contributed by atoms with Gasteiger partial charge in [0.1, 0.15) is 6.04 Å². The lowest BCUT2D eigenvalue weighted by Crippen LogP contribution is -2.47. The van der Waals surface area contributed by atoms with Crippen molar-refractivity contribution < 1.29 is 9.59 Å². The molecule has 25 heavy (non-hydrogen) atoms. The highest BCUT2D eigenvalue weighted by Crippen LogP contribution is 2.20. The minimum Gasteiger partial charge on any atom is -0.340 e. The van der Waals surface area contributed by atoms with Crippen LogP contribution in [-0.4, -0.2) is 17.9 Å². The standard InChI is InChI=1S/C20H23ClN2O2/c1-12(2)18(23-19(24)15-7-5-6-13(3)10-15)20(25)22-17-9-8-16(21)11-14(17)4/h5-12,18H,1-4H3,(H,22,25)(H,23,24). The molecular formula is C20H23ClN2O2. The summed E-state index contributed by atoms with van der Waals surface area (Å²) in [4.78, 5) is 25.1. The number of anilines is 1. The maximum absolute atomic E-state index is 12.7. The Hall–Kier alpha value is -2.33. The van der Waals surface area contributed by atoms with Gasteiger partial charge in [0.15, 0.2) is 0 Å². The number of amides is 2. The van der Waals surface area contributed by atoms with Crippen LogP contribution in [0.25, 0.3) is 0 Å². The van der Waals surface area contributed by atoms with Gasteiger partial charge in [0, 0.05) is 16.3 Å². The molecule has 1 unspecified atom stereocenters. The van der Waals surface area contributed by atoms with E-state index in [0.29, 0.717) is 16.3 Å². The number of hydrogen-bond acceptors (Lipinski definition) is 2. The predicted octanol–water partition coefficient (Wildman–Crippen LogP) is 4.35. The maximum atomic E-state index is 12.7. The molecule has 0 aliphatic heterocycles. The smallest absolute Gasteiger partial charge is 0.251 e. The minimum absolute atomic E-state index is 0.0543. The van der Waals surface area contributed by atoms with Gasteiger partial charge in [0.2, 0.25) is 5.91 Å². The summed E-state index contributed by atoms with van der Waals surface area (Å²) in [7, 11) is 0. The number of halogens is 1. The highest BCUT2D eigenvalue weighted by molar-refractivity contribution is 6.30. The summed E-state index contributed by atoms with van der Waals surface area (Å²) >= 11 is 5.95. The van der Waals surface area contributed by atoms with Crippen LogP contribution in [0.4, 0.5) is 5.69 Å². The van der Waals surface area contributed by atoms with Crippen molar-refractivity contribution in [1.82, 2.24) is 5.32 Å². The van der Waals surface area contributed by atoms with Crippen LogP contribution in [0.5, 0.6) is 0 Å². The van der Waals surface area contributed by atoms with Crippen molar-refractivity contribution in [3.8, 4) is 0 Å². The van der Waals surface area contributed by atoms with Gasteiger partial charge in [0.05, 0.1) is 0 Å². The molecule has 0 aromatic heterocycles. The molecular weight excluding hydrogens is 336 g/mol. The van der Waals surface area contributed by atoms with Crippen molar-refractivity contribution in [2.45, 2.75) is 33.7 Å². The number of carbonyl (C=O) groups is 2. The van der Waals surface area contributed by atoms with Gasteiger partial charge in [-0.3, -0.25) is 9.59 Å². The third kappa shape index (κ3) is 5.07. The van der Waals surface area contributed by atoms with Crippen LogP contribution in [0.3, 0.4) is 0 Å². The van der Waals surface area contributed by atoms with Gasteiger partial charge >= 0.3 is 0 Å². The predicted molar refractivity (Wildman–Crippen MR) is 102 cm³/mol. The molecule has 0 saturated heterocycles. The summed E-state index contributed by atoms with van der Waals surface area (Å²) < 4.78 is 0. The fourth-order valence-corrected chi connectivity index (χ4v) is 2.75. The molecule has 2 aromatic rings. The number of rotatable bonds is 5. The summed E-state index contributed by atoms with van der Waals surface area (Å²) in [6, 6.07) is 11.9. The minimum atomic E-state index is -0.636. The van der Waals surface area contributed by atoms with Crippen molar-refractivity contribution in [2.75, 3.05) is 5.32 Å². The van der Waals surface area contributed by atoms with Gasteiger partial charge in [-0.05, 0) is 55.7 Å². The van der Waals surface area contributed by atoms with Gasteiger partial charge < -0.3 is 10.6 Å². The summed E-state index contributed by atoms with van der Waals surface area (Å²) in [5, 5.41) is 6.32. The zero-order valence-electron chi connectivity index (χ0n) is 14.9. The highest BCUT2D eigenvalue weighted by atomic mass is 35.5. The van der Waals surface area contributed by atoms with E-state index in [4.69, 9.17) is 11.6 Å². The summed E-state index contributed by atoms with van der Waals surface area (Å²) in [6.45, 7) is 7.59. The van der Waals surface area contributed by atoms with E-state index >= 15 is 0 Å². The molecule has 0 saturated carbocycles. The topological polar surface area (TPSA) is 58.2 Å². The molecule has 2 amide bonds. The molecule has 0 aliphatic rings. The lowest BCUT2D eigenvalue weighted by Gasteiger charge is -2.22. The monoisotopic (exact) mass is 358 g/mol. The maximum Gasteiger partial charge on any atom is 0.251 e. The fraction of sp³-hybridized carbons (Fsp3) is 0.300. The third-order valence-corrected chi connectivity index (χ3v) is 4.20. The SMILES string of the molecule is Cc1cccc(C(=O)NC(C(=O)Nc2ccc(Cl)cc2C)C(C)C)c1. The first kappa shape index (κ1) is 19.0. The Bertz CT molecular complexity index is 787. The zero-order chi connectivity index (χ0) is 18.6. The third-order valence-electron chi connectivity index (χ3n) is 3.96. The van der Waals surface area contributed by atoms with Crippen LogP contribution >= 0.6 is 11.6 Å². The average Bonchev–Trinajstić information content (AvgIpc) is 2.54. The normalized spacial score (nSPS) is 11.9. The first-order valence-electron chi connectivity index (χ1n) is 8.22. The van der Waals surface area contributed by atoms with Crippen molar-refractivity contribution in [2.24, 2.45) is 5.92 Å². The number of benzene rings is 2. The van der Waals surface area contributed by atoms with Gasteiger partial charge in [0.25, 0.3) is 5.91 Å². The van der Waals surface area contributed by atoms with Crippen molar-refractivity contribution in [3.63, 3.8) is 0 Å². The van der Waals surface area contributed by atoms with Gasteiger partial charge in [-0.1, -0.05) is 43.1 Å². The first-order chi connectivity index (χ1) is 11.8. The molecule has 2 rings (SSSR count). The summed E-state index contributed by atoms with van der Waals surface area (Å²) in [6.07, 6.45) is 0. The molecule has 0 heterocycles. The summed E-state index contributed by atoms with van der Waals surface area (Å²) in [5.41, 5.74) is 3.09. The van der Waals surface area contributed by atoms with Crippen molar-refractivity contribution in [1.29, 1.82) is 0 Å². The van der Waals surface area contributed by atoms with Crippen LogP contribution in [0.2, 0.25) is 5.02 Å². The molecule has 4 nitrogen and oxygen atoms in total. The second-order valence-corrected chi connectivity index (χ2v) is 6.95. The van der Waals surface area contributed by atoms with E-state index in [1.165, 1.54) is 0 Å². The Balaban J connectivity index is 2.14. The van der Waals surface area contributed by atoms with E-state index < -0.39 is 6.04 Å². The largest absolute Gasteiger partial charge is 0.340 e. The van der Waals surface area contributed by atoms with Crippen LogP contribution in [0.15, 0.2) is 42.5 Å².